The van der Waals surface area contributed by atoms with Crippen LogP contribution in [0.15, 0.2) is 6.07 Å². The van der Waals surface area contributed by atoms with Gasteiger partial charge >= 0.3 is 11.9 Å². The van der Waals surface area contributed by atoms with E-state index in [9.17, 15) is 14.7 Å². The van der Waals surface area contributed by atoms with Gasteiger partial charge in [-0.25, -0.2) is 9.59 Å². The van der Waals surface area contributed by atoms with Gasteiger partial charge in [0, 0.05) is 0 Å². The third-order valence-electron chi connectivity index (χ3n) is 2.90. The number of phenolic OH excluding ortho intramolecular Hbond substituents is 1. The van der Waals surface area contributed by atoms with Gasteiger partial charge in [-0.3, -0.25) is 0 Å². The second kappa shape index (κ2) is 6.22. The molecule has 0 atom stereocenters. The number of esters is 2. The highest BCUT2D eigenvalue weighted by atomic mass is 16.5. The number of rotatable bonds is 4. The molecule has 0 heterocycles. The Morgan fingerprint density at radius 2 is 1.89 bits per heavy atom. The number of aromatic hydroxyl groups is 1. The van der Waals surface area contributed by atoms with Gasteiger partial charge in [-0.05, 0) is 37.5 Å². The fraction of sp³-hybridized carbons (Fsp3) is 0.429. The SMILES string of the molecule is CCOC(=O)c1c(C)c(C(=O)OC)cc(CC)c1O. The molecule has 19 heavy (non-hydrogen) atoms. The van der Waals surface area contributed by atoms with Crippen molar-refractivity contribution in [2.45, 2.75) is 27.2 Å². The Balaban J connectivity index is 3.51. The van der Waals surface area contributed by atoms with Crippen LogP contribution in [0.4, 0.5) is 0 Å². The standard InChI is InChI=1S/C14H18O5/c1-5-9-7-10(13(16)18-4)8(3)11(12(9)15)14(17)19-6-2/h7,15H,5-6H2,1-4H3. The van der Waals surface area contributed by atoms with Crippen molar-refractivity contribution in [2.24, 2.45) is 0 Å². The molecule has 5 nitrogen and oxygen atoms in total. The Hall–Kier alpha value is -2.04. The third kappa shape index (κ3) is 2.86. The highest BCUT2D eigenvalue weighted by Crippen LogP contribution is 2.30. The number of phenols is 1. The van der Waals surface area contributed by atoms with E-state index in [1.165, 1.54) is 7.11 Å². The van der Waals surface area contributed by atoms with Gasteiger partial charge in [-0.2, -0.15) is 0 Å². The third-order valence-corrected chi connectivity index (χ3v) is 2.90. The lowest BCUT2D eigenvalue weighted by Crippen LogP contribution is -2.13. The van der Waals surface area contributed by atoms with E-state index in [1.54, 1.807) is 19.9 Å². The maximum absolute atomic E-state index is 11.9. The molecule has 0 fully saturated rings. The molecule has 0 aliphatic rings. The van der Waals surface area contributed by atoms with E-state index < -0.39 is 11.9 Å². The largest absolute Gasteiger partial charge is 0.507 e. The summed E-state index contributed by atoms with van der Waals surface area (Å²) < 4.78 is 9.58. The number of carbonyl (C=O) groups excluding carboxylic acids is 2. The molecule has 0 spiro atoms. The van der Waals surface area contributed by atoms with E-state index in [4.69, 9.17) is 4.74 Å². The molecule has 0 bridgehead atoms. The molecule has 104 valence electrons. The first-order valence-electron chi connectivity index (χ1n) is 6.08. The second-order valence-corrected chi connectivity index (χ2v) is 4.00. The average molecular weight is 266 g/mol. The van der Waals surface area contributed by atoms with E-state index in [1.807, 2.05) is 6.92 Å². The van der Waals surface area contributed by atoms with Crippen molar-refractivity contribution >= 4 is 11.9 Å². The number of benzene rings is 1. The van der Waals surface area contributed by atoms with E-state index >= 15 is 0 Å². The van der Waals surface area contributed by atoms with Crippen LogP contribution < -0.4 is 0 Å². The summed E-state index contributed by atoms with van der Waals surface area (Å²) in [5, 5.41) is 10.1. The zero-order valence-electron chi connectivity index (χ0n) is 11.6. The number of carbonyl (C=O) groups is 2. The van der Waals surface area contributed by atoms with Crippen LogP contribution in [0, 0.1) is 6.92 Å². The van der Waals surface area contributed by atoms with Gasteiger partial charge in [-0.1, -0.05) is 6.92 Å². The summed E-state index contributed by atoms with van der Waals surface area (Å²) in [6, 6.07) is 1.54. The molecule has 1 aromatic carbocycles. The Bertz CT molecular complexity index is 505. The Labute approximate surface area is 112 Å². The highest BCUT2D eigenvalue weighted by Gasteiger charge is 2.24. The summed E-state index contributed by atoms with van der Waals surface area (Å²) in [5.74, 6) is -1.32. The average Bonchev–Trinajstić information content (AvgIpc) is 2.38. The molecule has 5 heteroatoms. The van der Waals surface area contributed by atoms with Gasteiger partial charge in [0.15, 0.2) is 0 Å². The Kier molecular flexibility index (Phi) is 4.92. The van der Waals surface area contributed by atoms with Gasteiger partial charge in [0.1, 0.15) is 11.3 Å². The van der Waals surface area contributed by atoms with Crippen LogP contribution in [0.2, 0.25) is 0 Å². The van der Waals surface area contributed by atoms with Crippen LogP contribution in [-0.2, 0) is 15.9 Å². The van der Waals surface area contributed by atoms with Crippen molar-refractivity contribution in [1.29, 1.82) is 0 Å². The summed E-state index contributed by atoms with van der Waals surface area (Å²) in [6.45, 7) is 5.27. The number of hydrogen-bond acceptors (Lipinski definition) is 5. The smallest absolute Gasteiger partial charge is 0.342 e. The minimum atomic E-state index is -0.641. The van der Waals surface area contributed by atoms with Crippen LogP contribution in [0.5, 0.6) is 5.75 Å². The molecule has 0 amide bonds. The topological polar surface area (TPSA) is 72.8 Å². The molecular formula is C14H18O5. The maximum atomic E-state index is 11.9. The summed E-state index contributed by atoms with van der Waals surface area (Å²) in [4.78, 5) is 23.6. The van der Waals surface area contributed by atoms with Gasteiger partial charge in [-0.15, -0.1) is 0 Å². The second-order valence-electron chi connectivity index (χ2n) is 4.00. The quantitative estimate of drug-likeness (QED) is 0.846. The van der Waals surface area contributed by atoms with Crippen molar-refractivity contribution in [3.63, 3.8) is 0 Å². The lowest BCUT2D eigenvalue weighted by molar-refractivity contribution is 0.0522. The van der Waals surface area contributed by atoms with Gasteiger partial charge in [0.05, 0.1) is 19.3 Å². The molecule has 1 rings (SSSR count). The van der Waals surface area contributed by atoms with Gasteiger partial charge in [0.2, 0.25) is 0 Å². The summed E-state index contributed by atoms with van der Waals surface area (Å²) in [6.07, 6.45) is 0.489. The molecule has 0 unspecified atom stereocenters. The van der Waals surface area contributed by atoms with Gasteiger partial charge < -0.3 is 14.6 Å². The Morgan fingerprint density at radius 3 is 2.37 bits per heavy atom. The highest BCUT2D eigenvalue weighted by molar-refractivity contribution is 6.00. The molecule has 0 aromatic heterocycles. The zero-order valence-corrected chi connectivity index (χ0v) is 11.6. The molecule has 0 radical (unpaired) electrons. The predicted octanol–water partition coefficient (Wildman–Crippen LogP) is 2.23. The fourth-order valence-electron chi connectivity index (χ4n) is 1.87. The molecule has 0 saturated carbocycles. The molecule has 0 aliphatic heterocycles. The minimum absolute atomic E-state index is 0.0293. The Morgan fingerprint density at radius 1 is 1.26 bits per heavy atom. The maximum Gasteiger partial charge on any atom is 0.342 e. The number of methoxy groups -OCH3 is 1. The van der Waals surface area contributed by atoms with E-state index in [2.05, 4.69) is 4.74 Å². The van der Waals surface area contributed by atoms with Crippen LogP contribution in [0.3, 0.4) is 0 Å². The zero-order chi connectivity index (χ0) is 14.6. The van der Waals surface area contributed by atoms with Crippen molar-refractivity contribution in [1.82, 2.24) is 0 Å². The fourth-order valence-corrected chi connectivity index (χ4v) is 1.87. The van der Waals surface area contributed by atoms with E-state index in [-0.39, 0.29) is 23.5 Å². The monoisotopic (exact) mass is 266 g/mol. The molecule has 0 aliphatic carbocycles. The minimum Gasteiger partial charge on any atom is -0.507 e. The number of aryl methyl sites for hydroxylation is 1. The van der Waals surface area contributed by atoms with Gasteiger partial charge in [0.25, 0.3) is 0 Å². The summed E-state index contributed by atoms with van der Waals surface area (Å²) in [5.41, 5.74) is 1.16. The lowest BCUT2D eigenvalue weighted by Gasteiger charge is -2.14. The van der Waals surface area contributed by atoms with Crippen LogP contribution in [0.25, 0.3) is 0 Å². The predicted molar refractivity (Wildman–Crippen MR) is 69.5 cm³/mol. The molecule has 1 aromatic rings. The molecular weight excluding hydrogens is 248 g/mol. The van der Waals surface area contributed by atoms with E-state index in [0.29, 0.717) is 17.5 Å². The first-order valence-corrected chi connectivity index (χ1v) is 6.08. The molecule has 1 N–H and O–H groups in total. The van der Waals surface area contributed by atoms with Crippen molar-refractivity contribution in [2.75, 3.05) is 13.7 Å². The summed E-state index contributed by atoms with van der Waals surface area (Å²) in [7, 11) is 1.27. The first-order chi connectivity index (χ1) is 8.97. The van der Waals surface area contributed by atoms with Crippen LogP contribution in [-0.4, -0.2) is 30.8 Å². The van der Waals surface area contributed by atoms with Crippen molar-refractivity contribution in [3.8, 4) is 5.75 Å². The normalized spacial score (nSPS) is 10.1. The van der Waals surface area contributed by atoms with Crippen molar-refractivity contribution < 1.29 is 24.2 Å². The molecule has 0 saturated heterocycles. The van der Waals surface area contributed by atoms with Crippen molar-refractivity contribution in [3.05, 3.63) is 28.3 Å². The first kappa shape index (κ1) is 15.0. The lowest BCUT2D eigenvalue weighted by atomic mass is 9.96. The van der Waals surface area contributed by atoms with E-state index in [0.717, 1.165) is 0 Å². The number of ether oxygens (including phenoxy) is 2. The summed E-state index contributed by atoms with van der Waals surface area (Å²) >= 11 is 0. The van der Waals surface area contributed by atoms with Crippen LogP contribution >= 0.6 is 0 Å². The number of hydrogen-bond donors (Lipinski definition) is 1. The van der Waals surface area contributed by atoms with Crippen LogP contribution in [0.1, 0.15) is 45.7 Å².